The van der Waals surface area contributed by atoms with Gasteiger partial charge in [-0.3, -0.25) is 4.40 Å². The molecule has 0 amide bonds. The lowest BCUT2D eigenvalue weighted by Crippen LogP contribution is -2.13. The Bertz CT molecular complexity index is 652. The molecule has 0 aliphatic rings. The SMILES string of the molecule is c1ccc(OCCNc2nccn3cnnc23)cc1. The molecule has 96 valence electrons. The monoisotopic (exact) mass is 255 g/mol. The Kier molecular flexibility index (Phi) is 3.22. The Balaban J connectivity index is 1.57. The second kappa shape index (κ2) is 5.34. The molecule has 6 heteroatoms. The molecule has 19 heavy (non-hydrogen) atoms. The molecule has 0 radical (unpaired) electrons. The van der Waals surface area contributed by atoms with E-state index < -0.39 is 0 Å². The van der Waals surface area contributed by atoms with Crippen LogP contribution < -0.4 is 10.1 Å². The van der Waals surface area contributed by atoms with Crippen molar-refractivity contribution in [3.63, 3.8) is 0 Å². The number of para-hydroxylation sites is 1. The van der Waals surface area contributed by atoms with Gasteiger partial charge in [0.25, 0.3) is 0 Å². The zero-order chi connectivity index (χ0) is 12.9. The van der Waals surface area contributed by atoms with Crippen LogP contribution in [-0.4, -0.2) is 32.7 Å². The van der Waals surface area contributed by atoms with Crippen LogP contribution in [0.3, 0.4) is 0 Å². The first kappa shape index (κ1) is 11.5. The predicted octanol–water partition coefficient (Wildman–Crippen LogP) is 1.62. The fraction of sp³-hybridized carbons (Fsp3) is 0.154. The van der Waals surface area contributed by atoms with Crippen molar-refractivity contribution in [1.29, 1.82) is 0 Å². The number of hydrogen-bond acceptors (Lipinski definition) is 5. The molecule has 0 aliphatic carbocycles. The van der Waals surface area contributed by atoms with Gasteiger partial charge in [-0.2, -0.15) is 0 Å². The largest absolute Gasteiger partial charge is 0.492 e. The summed E-state index contributed by atoms with van der Waals surface area (Å²) < 4.78 is 7.40. The van der Waals surface area contributed by atoms with Gasteiger partial charge in [0.2, 0.25) is 5.65 Å². The van der Waals surface area contributed by atoms with E-state index in [0.717, 1.165) is 5.75 Å². The van der Waals surface area contributed by atoms with Crippen LogP contribution in [0.5, 0.6) is 5.75 Å². The number of aromatic nitrogens is 4. The van der Waals surface area contributed by atoms with Crippen molar-refractivity contribution in [3.8, 4) is 5.75 Å². The first-order chi connectivity index (χ1) is 9.43. The molecule has 2 heterocycles. The van der Waals surface area contributed by atoms with E-state index in [4.69, 9.17) is 4.74 Å². The van der Waals surface area contributed by atoms with Gasteiger partial charge in [0.15, 0.2) is 5.82 Å². The maximum absolute atomic E-state index is 5.59. The fourth-order valence-corrected chi connectivity index (χ4v) is 1.74. The summed E-state index contributed by atoms with van der Waals surface area (Å²) in [5, 5.41) is 11.0. The van der Waals surface area contributed by atoms with Crippen molar-refractivity contribution in [2.75, 3.05) is 18.5 Å². The zero-order valence-electron chi connectivity index (χ0n) is 10.2. The first-order valence-electron chi connectivity index (χ1n) is 5.99. The van der Waals surface area contributed by atoms with E-state index in [9.17, 15) is 0 Å². The zero-order valence-corrected chi connectivity index (χ0v) is 10.2. The molecule has 2 aromatic heterocycles. The second-order valence-corrected chi connectivity index (χ2v) is 3.93. The molecule has 0 aliphatic heterocycles. The molecule has 6 nitrogen and oxygen atoms in total. The Hall–Kier alpha value is -2.63. The van der Waals surface area contributed by atoms with Gasteiger partial charge in [0.1, 0.15) is 18.7 Å². The van der Waals surface area contributed by atoms with Crippen molar-refractivity contribution in [3.05, 3.63) is 49.1 Å². The molecule has 1 aromatic carbocycles. The maximum Gasteiger partial charge on any atom is 0.203 e. The quantitative estimate of drug-likeness (QED) is 0.702. The van der Waals surface area contributed by atoms with Crippen LogP contribution in [0.15, 0.2) is 49.1 Å². The second-order valence-electron chi connectivity index (χ2n) is 3.93. The number of anilines is 1. The predicted molar refractivity (Wildman–Crippen MR) is 71.2 cm³/mol. The van der Waals surface area contributed by atoms with Crippen molar-refractivity contribution >= 4 is 11.5 Å². The number of ether oxygens (including phenoxy) is 1. The fourth-order valence-electron chi connectivity index (χ4n) is 1.74. The van der Waals surface area contributed by atoms with Crippen molar-refractivity contribution < 1.29 is 4.74 Å². The van der Waals surface area contributed by atoms with E-state index in [1.54, 1.807) is 18.7 Å². The van der Waals surface area contributed by atoms with Gasteiger partial charge in [-0.05, 0) is 12.1 Å². The highest BCUT2D eigenvalue weighted by Gasteiger charge is 2.03. The van der Waals surface area contributed by atoms with E-state index in [1.807, 2.05) is 34.7 Å². The lowest BCUT2D eigenvalue weighted by Gasteiger charge is -2.08. The van der Waals surface area contributed by atoms with Crippen LogP contribution in [0, 0.1) is 0 Å². The smallest absolute Gasteiger partial charge is 0.203 e. The van der Waals surface area contributed by atoms with Crippen LogP contribution in [0.1, 0.15) is 0 Å². The third-order valence-electron chi connectivity index (χ3n) is 2.62. The number of benzene rings is 1. The molecule has 0 saturated carbocycles. The average Bonchev–Trinajstić information content (AvgIpc) is 2.94. The van der Waals surface area contributed by atoms with Crippen molar-refractivity contribution in [2.24, 2.45) is 0 Å². The lowest BCUT2D eigenvalue weighted by atomic mass is 10.3. The van der Waals surface area contributed by atoms with Gasteiger partial charge in [-0.1, -0.05) is 18.2 Å². The van der Waals surface area contributed by atoms with E-state index in [2.05, 4.69) is 20.5 Å². The number of hydrogen-bond donors (Lipinski definition) is 1. The molecule has 0 unspecified atom stereocenters. The van der Waals surface area contributed by atoms with Gasteiger partial charge in [0.05, 0.1) is 6.54 Å². The summed E-state index contributed by atoms with van der Waals surface area (Å²) in [5.74, 6) is 1.56. The minimum atomic E-state index is 0.556. The van der Waals surface area contributed by atoms with E-state index >= 15 is 0 Å². The van der Waals surface area contributed by atoms with Gasteiger partial charge in [0, 0.05) is 12.4 Å². The standard InChI is InChI=1S/C13H13N5O/c1-2-4-11(5-3-1)19-9-7-15-12-13-17-16-10-18(13)8-6-14-12/h1-6,8,10H,7,9H2,(H,14,15). The third kappa shape index (κ3) is 2.62. The van der Waals surface area contributed by atoms with Crippen molar-refractivity contribution in [1.82, 2.24) is 19.6 Å². The summed E-state index contributed by atoms with van der Waals surface area (Å²) in [4.78, 5) is 4.23. The summed E-state index contributed by atoms with van der Waals surface area (Å²) in [5.41, 5.74) is 0.710. The first-order valence-corrected chi connectivity index (χ1v) is 5.99. The molecule has 0 atom stereocenters. The van der Waals surface area contributed by atoms with Crippen LogP contribution in [-0.2, 0) is 0 Å². The topological polar surface area (TPSA) is 64.3 Å². The molecule has 3 aromatic rings. The Morgan fingerprint density at radius 3 is 3.00 bits per heavy atom. The average molecular weight is 255 g/mol. The van der Waals surface area contributed by atoms with E-state index in [0.29, 0.717) is 24.6 Å². The molecule has 1 N–H and O–H groups in total. The summed E-state index contributed by atoms with van der Waals surface area (Å²) in [6.45, 7) is 1.20. The van der Waals surface area contributed by atoms with Crippen LogP contribution in [0.2, 0.25) is 0 Å². The molecule has 3 rings (SSSR count). The summed E-state index contributed by atoms with van der Waals surface area (Å²) >= 11 is 0. The Morgan fingerprint density at radius 1 is 1.21 bits per heavy atom. The van der Waals surface area contributed by atoms with E-state index in [-0.39, 0.29) is 0 Å². The van der Waals surface area contributed by atoms with E-state index in [1.165, 1.54) is 0 Å². The molecular formula is C13H13N5O. The molecule has 0 saturated heterocycles. The number of rotatable bonds is 5. The highest BCUT2D eigenvalue weighted by Crippen LogP contribution is 2.10. The van der Waals surface area contributed by atoms with Crippen LogP contribution >= 0.6 is 0 Å². The molecule has 0 bridgehead atoms. The molecule has 0 fully saturated rings. The highest BCUT2D eigenvalue weighted by atomic mass is 16.5. The lowest BCUT2D eigenvalue weighted by molar-refractivity contribution is 0.333. The summed E-state index contributed by atoms with van der Waals surface area (Å²) in [6, 6.07) is 9.71. The summed E-state index contributed by atoms with van der Waals surface area (Å²) in [7, 11) is 0. The minimum Gasteiger partial charge on any atom is -0.492 e. The van der Waals surface area contributed by atoms with Gasteiger partial charge in [-0.15, -0.1) is 10.2 Å². The van der Waals surface area contributed by atoms with Crippen LogP contribution in [0.4, 0.5) is 5.82 Å². The van der Waals surface area contributed by atoms with Gasteiger partial charge in [-0.25, -0.2) is 4.98 Å². The third-order valence-corrected chi connectivity index (χ3v) is 2.62. The van der Waals surface area contributed by atoms with Gasteiger partial charge >= 0.3 is 0 Å². The number of nitrogens with zero attached hydrogens (tertiary/aromatic N) is 4. The Morgan fingerprint density at radius 2 is 2.11 bits per heavy atom. The molecule has 0 spiro atoms. The minimum absolute atomic E-state index is 0.556. The Labute approximate surface area is 110 Å². The van der Waals surface area contributed by atoms with Gasteiger partial charge < -0.3 is 10.1 Å². The number of nitrogens with one attached hydrogen (secondary N) is 1. The normalized spacial score (nSPS) is 10.5. The number of fused-ring (bicyclic) bond motifs is 1. The maximum atomic E-state index is 5.59. The molecular weight excluding hydrogens is 242 g/mol. The highest BCUT2D eigenvalue weighted by molar-refractivity contribution is 5.61. The van der Waals surface area contributed by atoms with Crippen LogP contribution in [0.25, 0.3) is 5.65 Å². The van der Waals surface area contributed by atoms with Crippen molar-refractivity contribution in [2.45, 2.75) is 0 Å². The summed E-state index contributed by atoms with van der Waals surface area (Å²) in [6.07, 6.45) is 5.15.